The van der Waals surface area contributed by atoms with Crippen LogP contribution in [0.4, 0.5) is 0 Å². The van der Waals surface area contributed by atoms with Crippen LogP contribution in [0.15, 0.2) is 0 Å². The summed E-state index contributed by atoms with van der Waals surface area (Å²) in [6, 6.07) is 0. The number of carbonyl (C=O) groups is 1. The molecule has 70 valence electrons. The minimum atomic E-state index is -0.752. The summed E-state index contributed by atoms with van der Waals surface area (Å²) in [6.07, 6.45) is 0.565. The number of ether oxygens (including phenoxy) is 2. The van der Waals surface area contributed by atoms with Crippen molar-refractivity contribution in [2.45, 2.75) is 18.9 Å². The van der Waals surface area contributed by atoms with Crippen LogP contribution < -0.4 is 0 Å². The predicted molar refractivity (Wildman–Crippen MR) is 41.6 cm³/mol. The molecule has 0 aromatic carbocycles. The second kappa shape index (κ2) is 3.41. The van der Waals surface area contributed by atoms with Gasteiger partial charge in [0.25, 0.3) is 0 Å². The van der Waals surface area contributed by atoms with Gasteiger partial charge in [-0.2, -0.15) is 0 Å². The lowest BCUT2D eigenvalue weighted by Crippen LogP contribution is -2.33. The average Bonchev–Trinajstić information content (AvgIpc) is 2.84. The summed E-state index contributed by atoms with van der Waals surface area (Å²) in [5.74, 6) is -0.307. The van der Waals surface area contributed by atoms with E-state index in [0.29, 0.717) is 13.0 Å². The zero-order chi connectivity index (χ0) is 9.19. The fourth-order valence-corrected chi connectivity index (χ4v) is 1.28. The smallest absolute Gasteiger partial charge is 0.340 e. The number of carbonyl (C=O) groups excluding carboxylic acids is 1. The van der Waals surface area contributed by atoms with Crippen LogP contribution in [0.5, 0.6) is 0 Å². The van der Waals surface area contributed by atoms with Crippen molar-refractivity contribution in [3.05, 3.63) is 0 Å². The van der Waals surface area contributed by atoms with Crippen molar-refractivity contribution in [1.82, 2.24) is 0 Å². The zero-order valence-corrected chi connectivity index (χ0v) is 7.37. The molecule has 1 N–H and O–H groups in total. The third-order valence-corrected chi connectivity index (χ3v) is 2.34. The summed E-state index contributed by atoms with van der Waals surface area (Å²) in [7, 11) is 1.34. The van der Waals surface area contributed by atoms with E-state index in [9.17, 15) is 4.79 Å². The van der Waals surface area contributed by atoms with Crippen molar-refractivity contribution in [2.75, 3.05) is 20.3 Å². The monoisotopic (exact) mass is 174 g/mol. The second-order valence-corrected chi connectivity index (χ2v) is 3.08. The highest BCUT2D eigenvalue weighted by Crippen LogP contribution is 2.38. The molecule has 0 unspecified atom stereocenters. The lowest BCUT2D eigenvalue weighted by molar-refractivity contribution is -0.149. The number of methoxy groups -OCH3 is 1. The SMILES string of the molecule is COC(=O)[C@]1([C@H](C)CCO)CO1. The summed E-state index contributed by atoms with van der Waals surface area (Å²) in [5, 5.41) is 8.67. The van der Waals surface area contributed by atoms with Crippen LogP contribution >= 0.6 is 0 Å². The van der Waals surface area contributed by atoms with E-state index in [-0.39, 0.29) is 18.5 Å². The number of esters is 1. The van der Waals surface area contributed by atoms with Crippen molar-refractivity contribution in [3.63, 3.8) is 0 Å². The summed E-state index contributed by atoms with van der Waals surface area (Å²) in [5.41, 5.74) is -0.752. The molecule has 1 aliphatic rings. The molecule has 4 heteroatoms. The predicted octanol–water partition coefficient (Wildman–Crippen LogP) is -0.0531. The number of aliphatic hydroxyl groups excluding tert-OH is 1. The summed E-state index contributed by atoms with van der Waals surface area (Å²) in [6.45, 7) is 2.37. The molecule has 0 amide bonds. The van der Waals surface area contributed by atoms with Crippen LogP contribution in [0.3, 0.4) is 0 Å². The van der Waals surface area contributed by atoms with E-state index in [0.717, 1.165) is 0 Å². The Morgan fingerprint density at radius 2 is 2.42 bits per heavy atom. The Morgan fingerprint density at radius 3 is 2.75 bits per heavy atom. The van der Waals surface area contributed by atoms with E-state index in [2.05, 4.69) is 4.74 Å². The van der Waals surface area contributed by atoms with Crippen LogP contribution in [-0.2, 0) is 14.3 Å². The Balaban J connectivity index is 2.53. The molecule has 2 atom stereocenters. The Morgan fingerprint density at radius 1 is 1.83 bits per heavy atom. The first-order valence-corrected chi connectivity index (χ1v) is 4.00. The standard InChI is InChI=1S/C8H14O4/c1-6(3-4-9)8(5-12-8)7(10)11-2/h6,9H,3-5H2,1-2H3/t6-,8-/m1/s1. The lowest BCUT2D eigenvalue weighted by Gasteiger charge is -2.16. The highest BCUT2D eigenvalue weighted by Gasteiger charge is 2.57. The van der Waals surface area contributed by atoms with Crippen molar-refractivity contribution < 1.29 is 19.4 Å². The highest BCUT2D eigenvalue weighted by atomic mass is 16.6. The molecule has 0 spiro atoms. The molecule has 1 saturated heterocycles. The van der Waals surface area contributed by atoms with Crippen molar-refractivity contribution >= 4 is 5.97 Å². The normalized spacial score (nSPS) is 29.6. The van der Waals surface area contributed by atoms with Crippen LogP contribution in [-0.4, -0.2) is 37.0 Å². The maximum Gasteiger partial charge on any atom is 0.340 e. The Kier molecular flexibility index (Phi) is 2.69. The number of hydrogen-bond acceptors (Lipinski definition) is 4. The zero-order valence-electron chi connectivity index (χ0n) is 7.37. The number of rotatable bonds is 4. The number of hydrogen-bond donors (Lipinski definition) is 1. The molecule has 0 aromatic rings. The van der Waals surface area contributed by atoms with Crippen LogP contribution in [0.2, 0.25) is 0 Å². The average molecular weight is 174 g/mol. The summed E-state index contributed by atoms with van der Waals surface area (Å²) >= 11 is 0. The van der Waals surface area contributed by atoms with Gasteiger partial charge in [0.15, 0.2) is 5.60 Å². The quantitative estimate of drug-likeness (QED) is 0.479. The minimum Gasteiger partial charge on any atom is -0.467 e. The van der Waals surface area contributed by atoms with Crippen LogP contribution in [0.25, 0.3) is 0 Å². The number of aliphatic hydroxyl groups is 1. The third-order valence-electron chi connectivity index (χ3n) is 2.34. The molecule has 0 bridgehead atoms. The molecule has 1 rings (SSSR count). The van der Waals surface area contributed by atoms with E-state index < -0.39 is 5.60 Å². The van der Waals surface area contributed by atoms with Gasteiger partial charge in [-0.3, -0.25) is 0 Å². The van der Waals surface area contributed by atoms with Crippen LogP contribution in [0, 0.1) is 5.92 Å². The molecule has 0 radical (unpaired) electrons. The Bertz CT molecular complexity index is 174. The first-order valence-electron chi connectivity index (χ1n) is 4.00. The molecular formula is C8H14O4. The Hall–Kier alpha value is -0.610. The highest BCUT2D eigenvalue weighted by molar-refractivity contribution is 5.82. The van der Waals surface area contributed by atoms with Gasteiger partial charge in [-0.05, 0) is 6.42 Å². The topological polar surface area (TPSA) is 59.1 Å². The van der Waals surface area contributed by atoms with Gasteiger partial charge in [-0.15, -0.1) is 0 Å². The maximum atomic E-state index is 11.2. The molecule has 4 nitrogen and oxygen atoms in total. The fourth-order valence-electron chi connectivity index (χ4n) is 1.28. The molecule has 0 aromatic heterocycles. The van der Waals surface area contributed by atoms with E-state index in [1.165, 1.54) is 7.11 Å². The van der Waals surface area contributed by atoms with Gasteiger partial charge in [0.2, 0.25) is 0 Å². The molecule has 1 fully saturated rings. The summed E-state index contributed by atoms with van der Waals surface area (Å²) < 4.78 is 9.68. The van der Waals surface area contributed by atoms with E-state index in [4.69, 9.17) is 9.84 Å². The van der Waals surface area contributed by atoms with Gasteiger partial charge >= 0.3 is 5.97 Å². The third kappa shape index (κ3) is 1.44. The second-order valence-electron chi connectivity index (χ2n) is 3.08. The maximum absolute atomic E-state index is 11.2. The van der Waals surface area contributed by atoms with Gasteiger partial charge in [0.05, 0.1) is 13.7 Å². The molecule has 1 aliphatic heterocycles. The Labute approximate surface area is 71.5 Å². The van der Waals surface area contributed by atoms with Gasteiger partial charge in [-0.1, -0.05) is 6.92 Å². The molecule has 0 saturated carbocycles. The van der Waals surface area contributed by atoms with Crippen molar-refractivity contribution in [2.24, 2.45) is 5.92 Å². The van der Waals surface area contributed by atoms with Crippen molar-refractivity contribution in [1.29, 1.82) is 0 Å². The van der Waals surface area contributed by atoms with Crippen molar-refractivity contribution in [3.8, 4) is 0 Å². The molecule has 12 heavy (non-hydrogen) atoms. The first-order chi connectivity index (χ1) is 5.67. The molecule has 0 aliphatic carbocycles. The molecule has 1 heterocycles. The largest absolute Gasteiger partial charge is 0.467 e. The summed E-state index contributed by atoms with van der Waals surface area (Å²) in [4.78, 5) is 11.2. The van der Waals surface area contributed by atoms with Gasteiger partial charge in [0.1, 0.15) is 0 Å². The lowest BCUT2D eigenvalue weighted by atomic mass is 9.92. The van der Waals surface area contributed by atoms with Gasteiger partial charge in [-0.25, -0.2) is 4.79 Å². The van der Waals surface area contributed by atoms with Gasteiger partial charge in [0, 0.05) is 12.5 Å². The first kappa shape index (κ1) is 9.48. The van der Waals surface area contributed by atoms with E-state index in [1.807, 2.05) is 6.92 Å². The van der Waals surface area contributed by atoms with Crippen LogP contribution in [0.1, 0.15) is 13.3 Å². The van der Waals surface area contributed by atoms with E-state index >= 15 is 0 Å². The number of epoxide rings is 1. The van der Waals surface area contributed by atoms with Gasteiger partial charge < -0.3 is 14.6 Å². The minimum absolute atomic E-state index is 0.0231. The molecular weight excluding hydrogens is 160 g/mol. The van der Waals surface area contributed by atoms with E-state index in [1.54, 1.807) is 0 Å². The fraction of sp³-hybridized carbons (Fsp3) is 0.875.